The first-order chi connectivity index (χ1) is 12.1. The van der Waals surface area contributed by atoms with E-state index >= 15 is 0 Å². The molecule has 0 saturated carbocycles. The van der Waals surface area contributed by atoms with Gasteiger partial charge in [0.2, 0.25) is 0 Å². The van der Waals surface area contributed by atoms with Crippen molar-refractivity contribution in [2.75, 3.05) is 4.90 Å². The van der Waals surface area contributed by atoms with Crippen molar-refractivity contribution in [3.05, 3.63) is 39.7 Å². The van der Waals surface area contributed by atoms with Crippen LogP contribution in [0.3, 0.4) is 0 Å². The van der Waals surface area contributed by atoms with E-state index in [1.807, 2.05) is 0 Å². The van der Waals surface area contributed by atoms with Gasteiger partial charge in [-0.3, -0.25) is 14.4 Å². The molecule has 1 N–H and O–H groups in total. The lowest BCUT2D eigenvalue weighted by Gasteiger charge is -2.22. The number of imide groups is 1. The first kappa shape index (κ1) is 18.6. The molecule has 0 spiro atoms. The third-order valence-corrected chi connectivity index (χ3v) is 5.31. The molecule has 138 valence electrons. The van der Waals surface area contributed by atoms with Crippen molar-refractivity contribution in [1.29, 1.82) is 0 Å². The van der Waals surface area contributed by atoms with Gasteiger partial charge in [-0.1, -0.05) is 11.6 Å². The van der Waals surface area contributed by atoms with Gasteiger partial charge in [-0.15, -0.1) is 0 Å². The number of aliphatic carboxylic acids is 1. The monoisotopic (exact) mass is 379 g/mol. The molecule has 0 unspecified atom stereocenters. The average molecular weight is 380 g/mol. The molecule has 1 aromatic carbocycles. The lowest BCUT2D eigenvalue weighted by atomic mass is 9.85. The molecule has 1 aromatic rings. The molecule has 2 amide bonds. The Kier molecular flexibility index (Phi) is 4.65. The smallest absolute Gasteiger partial charge is 0.309 e. The quantitative estimate of drug-likeness (QED) is 0.806. The minimum Gasteiger partial charge on any atom is -0.481 e. The van der Waals surface area contributed by atoms with Gasteiger partial charge in [-0.25, -0.2) is 9.29 Å². The number of halogens is 2. The molecular formula is C19H19ClFNO4. The van der Waals surface area contributed by atoms with Gasteiger partial charge in [0.15, 0.2) is 0 Å². The molecule has 2 aliphatic rings. The number of carboxylic acid groups (broad SMARTS) is 1. The molecule has 1 heterocycles. The Morgan fingerprint density at radius 1 is 1.19 bits per heavy atom. The molecule has 0 bridgehead atoms. The summed E-state index contributed by atoms with van der Waals surface area (Å²) in [6, 6.07) is 2.35. The summed E-state index contributed by atoms with van der Waals surface area (Å²) in [6.07, 6.45) is 2.73. The highest BCUT2D eigenvalue weighted by Crippen LogP contribution is 2.38. The number of carbonyl (C=O) groups is 3. The second-order valence-corrected chi connectivity index (χ2v) is 7.78. The van der Waals surface area contributed by atoms with E-state index in [2.05, 4.69) is 0 Å². The van der Waals surface area contributed by atoms with Gasteiger partial charge in [0, 0.05) is 16.2 Å². The van der Waals surface area contributed by atoms with Crippen LogP contribution in [0.1, 0.15) is 45.1 Å². The largest absolute Gasteiger partial charge is 0.481 e. The molecule has 26 heavy (non-hydrogen) atoms. The molecule has 0 atom stereocenters. The van der Waals surface area contributed by atoms with Crippen LogP contribution in [0.4, 0.5) is 10.1 Å². The van der Waals surface area contributed by atoms with E-state index in [4.69, 9.17) is 11.6 Å². The van der Waals surface area contributed by atoms with Gasteiger partial charge in [-0.2, -0.15) is 0 Å². The number of hydrogen-bond donors (Lipinski definition) is 1. The second-order valence-electron chi connectivity index (χ2n) is 7.37. The van der Waals surface area contributed by atoms with Crippen LogP contribution in [0.5, 0.6) is 0 Å². The summed E-state index contributed by atoms with van der Waals surface area (Å²) in [4.78, 5) is 37.5. The lowest BCUT2D eigenvalue weighted by Crippen LogP contribution is -2.33. The van der Waals surface area contributed by atoms with Crippen molar-refractivity contribution in [3.63, 3.8) is 0 Å². The van der Waals surface area contributed by atoms with Gasteiger partial charge in [0.1, 0.15) is 5.82 Å². The van der Waals surface area contributed by atoms with Crippen molar-refractivity contribution >= 4 is 35.1 Å². The van der Waals surface area contributed by atoms with Crippen molar-refractivity contribution in [2.24, 2.45) is 5.41 Å². The number of amides is 2. The normalized spacial score (nSPS) is 17.8. The maximum absolute atomic E-state index is 14.5. The van der Waals surface area contributed by atoms with Gasteiger partial charge in [-0.05, 0) is 63.6 Å². The summed E-state index contributed by atoms with van der Waals surface area (Å²) < 4.78 is 14.5. The first-order valence-corrected chi connectivity index (χ1v) is 8.83. The van der Waals surface area contributed by atoms with Crippen LogP contribution in [0.25, 0.3) is 0 Å². The summed E-state index contributed by atoms with van der Waals surface area (Å²) in [5, 5.41) is 9.38. The van der Waals surface area contributed by atoms with E-state index in [1.54, 1.807) is 0 Å². The molecule has 0 saturated heterocycles. The predicted molar refractivity (Wildman–Crippen MR) is 94.5 cm³/mol. The van der Waals surface area contributed by atoms with Gasteiger partial charge >= 0.3 is 5.97 Å². The fraction of sp³-hybridized carbons (Fsp3) is 0.421. The predicted octanol–water partition coefficient (Wildman–Crippen LogP) is 3.88. The van der Waals surface area contributed by atoms with E-state index in [0.717, 1.165) is 23.8 Å². The summed E-state index contributed by atoms with van der Waals surface area (Å²) in [5.41, 5.74) is -0.00289. The van der Waals surface area contributed by atoms with Crippen LogP contribution in [0, 0.1) is 11.2 Å². The number of anilines is 1. The SMILES string of the molecule is CC(C)(Cc1cc(N2C(=O)C3=C(CCCC3)C2=O)c(F)cc1Cl)C(=O)O. The highest BCUT2D eigenvalue weighted by Gasteiger charge is 2.41. The summed E-state index contributed by atoms with van der Waals surface area (Å²) in [5.74, 6) is -2.79. The summed E-state index contributed by atoms with van der Waals surface area (Å²) in [7, 11) is 0. The Balaban J connectivity index is 2.01. The Morgan fingerprint density at radius 2 is 1.73 bits per heavy atom. The highest BCUT2D eigenvalue weighted by molar-refractivity contribution is 6.34. The minimum absolute atomic E-state index is 0.0395. The molecule has 1 aliphatic heterocycles. The highest BCUT2D eigenvalue weighted by atomic mass is 35.5. The topological polar surface area (TPSA) is 74.7 Å². The van der Waals surface area contributed by atoms with Gasteiger partial charge in [0.05, 0.1) is 11.1 Å². The van der Waals surface area contributed by atoms with Crippen molar-refractivity contribution in [1.82, 2.24) is 0 Å². The van der Waals surface area contributed by atoms with Crippen LogP contribution in [0.15, 0.2) is 23.3 Å². The third kappa shape index (κ3) is 3.03. The Bertz CT molecular complexity index is 831. The lowest BCUT2D eigenvalue weighted by molar-refractivity contribution is -0.146. The zero-order valence-electron chi connectivity index (χ0n) is 14.6. The number of benzene rings is 1. The van der Waals surface area contributed by atoms with E-state index < -0.39 is 29.0 Å². The molecule has 3 rings (SSSR count). The van der Waals surface area contributed by atoms with E-state index in [1.165, 1.54) is 19.9 Å². The van der Waals surface area contributed by atoms with E-state index in [0.29, 0.717) is 29.6 Å². The zero-order chi connectivity index (χ0) is 19.2. The molecule has 0 aromatic heterocycles. The molecule has 7 heteroatoms. The summed E-state index contributed by atoms with van der Waals surface area (Å²) in [6.45, 7) is 3.06. The fourth-order valence-electron chi connectivity index (χ4n) is 3.40. The van der Waals surface area contributed by atoms with Crippen molar-refractivity contribution in [3.8, 4) is 0 Å². The molecule has 1 aliphatic carbocycles. The average Bonchev–Trinajstić information content (AvgIpc) is 2.82. The maximum Gasteiger partial charge on any atom is 0.309 e. The Hall–Kier alpha value is -2.21. The van der Waals surface area contributed by atoms with E-state index in [-0.39, 0.29) is 17.1 Å². The van der Waals surface area contributed by atoms with Crippen LogP contribution < -0.4 is 4.90 Å². The number of carboxylic acids is 1. The van der Waals surface area contributed by atoms with Gasteiger partial charge < -0.3 is 5.11 Å². The number of rotatable bonds is 4. The molecular weight excluding hydrogens is 361 g/mol. The molecule has 0 fully saturated rings. The van der Waals surface area contributed by atoms with Crippen LogP contribution in [-0.4, -0.2) is 22.9 Å². The number of hydrogen-bond acceptors (Lipinski definition) is 3. The summed E-state index contributed by atoms with van der Waals surface area (Å²) >= 11 is 6.08. The maximum atomic E-state index is 14.5. The van der Waals surface area contributed by atoms with E-state index in [9.17, 15) is 23.9 Å². The van der Waals surface area contributed by atoms with Crippen molar-refractivity contribution in [2.45, 2.75) is 46.0 Å². The first-order valence-electron chi connectivity index (χ1n) is 8.45. The minimum atomic E-state index is -1.13. The van der Waals surface area contributed by atoms with Gasteiger partial charge in [0.25, 0.3) is 11.8 Å². The number of nitrogens with zero attached hydrogens (tertiary/aromatic N) is 1. The van der Waals surface area contributed by atoms with Crippen molar-refractivity contribution < 1.29 is 23.9 Å². The third-order valence-electron chi connectivity index (χ3n) is 4.96. The Labute approximate surface area is 155 Å². The van der Waals surface area contributed by atoms with Crippen LogP contribution in [0.2, 0.25) is 5.02 Å². The second kappa shape index (κ2) is 6.50. The Morgan fingerprint density at radius 3 is 2.23 bits per heavy atom. The fourth-order valence-corrected chi connectivity index (χ4v) is 3.61. The van der Waals surface area contributed by atoms with Crippen LogP contribution >= 0.6 is 11.6 Å². The number of carbonyl (C=O) groups excluding carboxylic acids is 2. The molecule has 5 nitrogen and oxygen atoms in total. The van der Waals surface area contributed by atoms with Crippen LogP contribution in [-0.2, 0) is 20.8 Å². The standard InChI is InChI=1S/C19H19ClFNO4/c1-19(2,18(25)26)9-10-7-15(14(21)8-13(10)20)22-16(23)11-5-3-4-6-12(11)17(22)24/h7-8H,3-6,9H2,1-2H3,(H,25,26). The zero-order valence-corrected chi connectivity index (χ0v) is 15.3. The molecule has 0 radical (unpaired) electrons.